The molecule has 0 aliphatic carbocycles. The number of rotatable bonds is 18. The lowest BCUT2D eigenvalue weighted by molar-refractivity contribution is -0.149. The molecule has 176 valence electrons. The highest BCUT2D eigenvalue weighted by Gasteiger charge is 2.26. The van der Waals surface area contributed by atoms with E-state index in [9.17, 15) is 9.59 Å². The van der Waals surface area contributed by atoms with Crippen LogP contribution in [0.1, 0.15) is 122 Å². The molecule has 0 heterocycles. The molecule has 1 N–H and O–H groups in total. The molecule has 31 heavy (non-hydrogen) atoms. The van der Waals surface area contributed by atoms with Crippen molar-refractivity contribution >= 4 is 11.9 Å². The van der Waals surface area contributed by atoms with Gasteiger partial charge < -0.3 is 10.1 Å². The van der Waals surface area contributed by atoms with Crippen molar-refractivity contribution in [3.05, 3.63) is 35.9 Å². The molecule has 0 spiro atoms. The van der Waals surface area contributed by atoms with Gasteiger partial charge in [0.25, 0.3) is 0 Å². The van der Waals surface area contributed by atoms with Crippen molar-refractivity contribution in [3.63, 3.8) is 0 Å². The summed E-state index contributed by atoms with van der Waals surface area (Å²) in [6.07, 6.45) is 17.4. The largest absolute Gasteiger partial charge is 0.460 e. The van der Waals surface area contributed by atoms with Crippen LogP contribution in [-0.2, 0) is 14.3 Å². The maximum absolute atomic E-state index is 11.8. The number of benzene rings is 1. The van der Waals surface area contributed by atoms with E-state index in [-0.39, 0.29) is 24.0 Å². The Morgan fingerprint density at radius 1 is 0.774 bits per heavy atom. The second kappa shape index (κ2) is 17.8. The van der Waals surface area contributed by atoms with E-state index in [1.807, 2.05) is 30.3 Å². The molecule has 0 aliphatic rings. The molecule has 0 aliphatic heterocycles. The van der Waals surface area contributed by atoms with Crippen LogP contribution in [-0.4, -0.2) is 18.0 Å². The third kappa shape index (κ3) is 14.0. The first kappa shape index (κ1) is 27.2. The molecule has 2 atom stereocenters. The summed E-state index contributed by atoms with van der Waals surface area (Å²) in [5.74, 6) is -0.414. The fraction of sp³-hybridized carbons (Fsp3) is 0.704. The van der Waals surface area contributed by atoms with Crippen LogP contribution in [0, 0.1) is 0 Å². The Hall–Kier alpha value is -1.84. The molecule has 0 saturated heterocycles. The highest BCUT2D eigenvalue weighted by molar-refractivity contribution is 5.73. The van der Waals surface area contributed by atoms with Crippen molar-refractivity contribution in [2.24, 2.45) is 0 Å². The molecule has 1 rings (SSSR count). The van der Waals surface area contributed by atoms with Crippen molar-refractivity contribution in [1.82, 2.24) is 5.32 Å². The number of esters is 1. The zero-order chi connectivity index (χ0) is 22.7. The average molecular weight is 432 g/mol. The minimum Gasteiger partial charge on any atom is -0.460 e. The maximum atomic E-state index is 11.8. The van der Waals surface area contributed by atoms with Gasteiger partial charge in [0, 0.05) is 13.8 Å². The second-order valence-electron chi connectivity index (χ2n) is 8.77. The lowest BCUT2D eigenvalue weighted by Gasteiger charge is -2.28. The van der Waals surface area contributed by atoms with Gasteiger partial charge in [0.15, 0.2) is 0 Å². The minimum atomic E-state index is -0.337. The predicted octanol–water partition coefficient (Wildman–Crippen LogP) is 7.28. The first-order valence-electron chi connectivity index (χ1n) is 12.5. The molecule has 4 nitrogen and oxygen atoms in total. The monoisotopic (exact) mass is 431 g/mol. The maximum Gasteiger partial charge on any atom is 0.302 e. The summed E-state index contributed by atoms with van der Waals surface area (Å²) in [7, 11) is 0. The van der Waals surface area contributed by atoms with Gasteiger partial charge in [-0.1, -0.05) is 114 Å². The molecule has 1 aromatic carbocycles. The number of nitrogens with one attached hydrogen (secondary N) is 1. The van der Waals surface area contributed by atoms with E-state index in [1.165, 1.54) is 84.5 Å². The highest BCUT2D eigenvalue weighted by atomic mass is 16.5. The Morgan fingerprint density at radius 3 is 1.71 bits per heavy atom. The number of hydrogen-bond donors (Lipinski definition) is 1. The third-order valence-electron chi connectivity index (χ3n) is 5.80. The van der Waals surface area contributed by atoms with Crippen molar-refractivity contribution < 1.29 is 14.3 Å². The van der Waals surface area contributed by atoms with Crippen molar-refractivity contribution in [2.75, 3.05) is 0 Å². The quantitative estimate of drug-likeness (QED) is 0.196. The van der Waals surface area contributed by atoms with Gasteiger partial charge in [0.1, 0.15) is 6.10 Å². The Morgan fingerprint density at radius 2 is 1.26 bits per heavy atom. The summed E-state index contributed by atoms with van der Waals surface area (Å²) in [4.78, 5) is 23.4. The van der Waals surface area contributed by atoms with Crippen molar-refractivity contribution in [1.29, 1.82) is 0 Å². The standard InChI is InChI=1S/C27H45NO3/c1-4-5-6-7-8-9-10-11-12-13-14-15-19-22-26(31-24(3)30)27(28-23(2)29)25-20-17-16-18-21-25/h16-18,20-21,26-27H,4-15,19,22H2,1-3H3,(H,28,29)/t26-,27+/m1/s1. The van der Waals surface area contributed by atoms with Crippen LogP contribution in [0.5, 0.6) is 0 Å². The first-order valence-corrected chi connectivity index (χ1v) is 12.5. The molecule has 0 saturated carbocycles. The van der Waals surface area contributed by atoms with Gasteiger partial charge in [0.2, 0.25) is 5.91 Å². The summed E-state index contributed by atoms with van der Waals surface area (Å²) in [6.45, 7) is 5.21. The number of hydrogen-bond acceptors (Lipinski definition) is 3. The van der Waals surface area contributed by atoms with Gasteiger partial charge in [-0.25, -0.2) is 0 Å². The summed E-state index contributed by atoms with van der Waals surface area (Å²) < 4.78 is 5.62. The van der Waals surface area contributed by atoms with Gasteiger partial charge >= 0.3 is 5.97 Å². The molecule has 0 unspecified atom stereocenters. The number of ether oxygens (including phenoxy) is 1. The smallest absolute Gasteiger partial charge is 0.302 e. The lowest BCUT2D eigenvalue weighted by atomic mass is 9.96. The molecule has 1 amide bonds. The van der Waals surface area contributed by atoms with E-state index in [2.05, 4.69) is 12.2 Å². The van der Waals surface area contributed by atoms with Gasteiger partial charge in [-0.05, 0) is 18.4 Å². The fourth-order valence-corrected chi connectivity index (χ4v) is 4.14. The molecule has 0 radical (unpaired) electrons. The topological polar surface area (TPSA) is 55.4 Å². The van der Waals surface area contributed by atoms with Crippen LogP contribution in [0.25, 0.3) is 0 Å². The Labute approximate surface area is 190 Å². The van der Waals surface area contributed by atoms with E-state index in [4.69, 9.17) is 4.74 Å². The number of carbonyl (C=O) groups is 2. The van der Waals surface area contributed by atoms with E-state index in [1.54, 1.807) is 0 Å². The summed E-state index contributed by atoms with van der Waals surface area (Å²) in [6, 6.07) is 9.48. The van der Waals surface area contributed by atoms with Crippen LogP contribution in [0.3, 0.4) is 0 Å². The van der Waals surface area contributed by atoms with Crippen molar-refractivity contribution in [3.8, 4) is 0 Å². The normalized spacial score (nSPS) is 12.9. The zero-order valence-electron chi connectivity index (χ0n) is 20.2. The average Bonchev–Trinajstić information content (AvgIpc) is 2.74. The third-order valence-corrected chi connectivity index (χ3v) is 5.80. The molecule has 0 aromatic heterocycles. The van der Waals surface area contributed by atoms with Crippen LogP contribution in [0.15, 0.2) is 30.3 Å². The highest BCUT2D eigenvalue weighted by Crippen LogP contribution is 2.24. The van der Waals surface area contributed by atoms with Gasteiger partial charge in [0.05, 0.1) is 6.04 Å². The van der Waals surface area contributed by atoms with E-state index in [0.717, 1.165) is 24.8 Å². The second-order valence-corrected chi connectivity index (χ2v) is 8.77. The number of amides is 1. The van der Waals surface area contributed by atoms with Crippen LogP contribution < -0.4 is 5.32 Å². The summed E-state index contributed by atoms with van der Waals surface area (Å²) >= 11 is 0. The fourth-order valence-electron chi connectivity index (χ4n) is 4.14. The molecular formula is C27H45NO3. The van der Waals surface area contributed by atoms with E-state index < -0.39 is 0 Å². The molecule has 1 aromatic rings. The lowest BCUT2D eigenvalue weighted by Crippen LogP contribution is -2.37. The Balaban J connectivity index is 2.30. The number of unbranched alkanes of at least 4 members (excludes halogenated alkanes) is 12. The Bertz CT molecular complexity index is 587. The van der Waals surface area contributed by atoms with Crippen molar-refractivity contribution in [2.45, 2.75) is 123 Å². The summed E-state index contributed by atoms with van der Waals surface area (Å²) in [5.41, 5.74) is 0.971. The number of carbonyl (C=O) groups excluding carboxylic acids is 2. The predicted molar refractivity (Wildman–Crippen MR) is 129 cm³/mol. The van der Waals surface area contributed by atoms with Gasteiger partial charge in [-0.3, -0.25) is 9.59 Å². The first-order chi connectivity index (χ1) is 15.0. The van der Waals surface area contributed by atoms with E-state index >= 15 is 0 Å². The molecule has 0 fully saturated rings. The van der Waals surface area contributed by atoms with Gasteiger partial charge in [-0.15, -0.1) is 0 Å². The minimum absolute atomic E-state index is 0.114. The van der Waals surface area contributed by atoms with Gasteiger partial charge in [-0.2, -0.15) is 0 Å². The summed E-state index contributed by atoms with van der Waals surface area (Å²) in [5, 5.41) is 2.98. The van der Waals surface area contributed by atoms with Crippen LogP contribution >= 0.6 is 0 Å². The molecule has 4 heteroatoms. The van der Waals surface area contributed by atoms with E-state index in [0.29, 0.717) is 0 Å². The Kier molecular flexibility index (Phi) is 15.6. The molecular weight excluding hydrogens is 386 g/mol. The molecule has 0 bridgehead atoms. The van der Waals surface area contributed by atoms with Crippen LogP contribution in [0.2, 0.25) is 0 Å². The SMILES string of the molecule is CCCCCCCCCCCCCCC[C@@H](OC(C)=O)[C@@H](NC(C)=O)c1ccccc1. The zero-order valence-corrected chi connectivity index (χ0v) is 20.2. The van der Waals surface area contributed by atoms with Crippen LogP contribution in [0.4, 0.5) is 0 Å².